The van der Waals surface area contributed by atoms with Gasteiger partial charge in [-0.2, -0.15) is 5.43 Å². The van der Waals surface area contributed by atoms with E-state index in [4.69, 9.17) is 0 Å². The molecule has 0 bridgehead atoms. The summed E-state index contributed by atoms with van der Waals surface area (Å²) < 4.78 is 0.530. The highest BCUT2D eigenvalue weighted by Crippen LogP contribution is 2.07. The van der Waals surface area contributed by atoms with Gasteiger partial charge in [-0.15, -0.1) is 0 Å². The third-order valence-corrected chi connectivity index (χ3v) is 3.84. The first kappa shape index (κ1) is 18.2. The molecular formula is C18H23ClN2O. The lowest BCUT2D eigenvalue weighted by molar-refractivity contribution is -0.941. The maximum atomic E-state index is 12.3. The van der Waals surface area contributed by atoms with Crippen LogP contribution < -0.4 is 17.8 Å². The zero-order valence-corrected chi connectivity index (χ0v) is 13.9. The molecule has 0 saturated carbocycles. The van der Waals surface area contributed by atoms with E-state index in [1.54, 1.807) is 0 Å². The van der Waals surface area contributed by atoms with E-state index in [2.05, 4.69) is 31.5 Å². The average Bonchev–Trinajstić information content (AvgIpc) is 2.55. The third-order valence-electron chi connectivity index (χ3n) is 3.84. The van der Waals surface area contributed by atoms with Crippen LogP contribution in [0.5, 0.6) is 0 Å². The van der Waals surface area contributed by atoms with E-state index in [0.29, 0.717) is 10.2 Å². The van der Waals surface area contributed by atoms with Gasteiger partial charge in [0.1, 0.15) is 6.54 Å². The van der Waals surface area contributed by atoms with Crippen molar-refractivity contribution in [2.24, 2.45) is 0 Å². The highest BCUT2D eigenvalue weighted by molar-refractivity contribution is 5.93. The van der Waals surface area contributed by atoms with Gasteiger partial charge in [0.05, 0.1) is 13.6 Å². The molecule has 1 atom stereocenters. The number of halogens is 1. The summed E-state index contributed by atoms with van der Waals surface area (Å²) in [6.45, 7) is 3.82. The van der Waals surface area contributed by atoms with Gasteiger partial charge in [0.15, 0.2) is 0 Å². The summed E-state index contributed by atoms with van der Waals surface area (Å²) in [6, 6.07) is 19.7. The van der Waals surface area contributed by atoms with E-state index in [0.717, 1.165) is 19.5 Å². The summed E-state index contributed by atoms with van der Waals surface area (Å²) >= 11 is 0. The van der Waals surface area contributed by atoms with Crippen molar-refractivity contribution < 1.29 is 21.8 Å². The van der Waals surface area contributed by atoms with E-state index >= 15 is 0 Å². The summed E-state index contributed by atoms with van der Waals surface area (Å²) in [5.74, 6) is -0.0204. The molecule has 0 aliphatic heterocycles. The van der Waals surface area contributed by atoms with E-state index in [1.807, 2.05) is 48.5 Å². The van der Waals surface area contributed by atoms with Crippen molar-refractivity contribution in [3.05, 3.63) is 71.8 Å². The van der Waals surface area contributed by atoms with Gasteiger partial charge >= 0.3 is 0 Å². The summed E-state index contributed by atoms with van der Waals surface area (Å²) in [5.41, 5.74) is 5.13. The average molecular weight is 319 g/mol. The largest absolute Gasteiger partial charge is 1.00 e. The minimum atomic E-state index is -0.0204. The van der Waals surface area contributed by atoms with Crippen LogP contribution in [0.1, 0.15) is 22.8 Å². The molecule has 0 fully saturated rings. The molecule has 2 rings (SSSR count). The fourth-order valence-corrected chi connectivity index (χ4v) is 2.21. The van der Waals surface area contributed by atoms with Gasteiger partial charge in [-0.25, -0.2) is 4.59 Å². The van der Waals surface area contributed by atoms with Crippen molar-refractivity contribution in [2.45, 2.75) is 13.3 Å². The topological polar surface area (TPSA) is 29.1 Å². The van der Waals surface area contributed by atoms with E-state index in [9.17, 15) is 4.79 Å². The molecule has 1 amide bonds. The molecule has 2 aromatic rings. The number of carbonyl (C=O) groups excluding carboxylic acids is 1. The normalized spacial score (nSPS) is 12.8. The first-order valence-corrected chi connectivity index (χ1v) is 7.39. The van der Waals surface area contributed by atoms with Gasteiger partial charge in [-0.05, 0) is 24.6 Å². The van der Waals surface area contributed by atoms with Crippen LogP contribution in [0.4, 0.5) is 0 Å². The van der Waals surface area contributed by atoms with Gasteiger partial charge in [-0.1, -0.05) is 48.5 Å². The van der Waals surface area contributed by atoms with Crippen LogP contribution in [-0.4, -0.2) is 30.6 Å². The number of amides is 1. The van der Waals surface area contributed by atoms with Crippen molar-refractivity contribution >= 4 is 5.91 Å². The van der Waals surface area contributed by atoms with Crippen LogP contribution in [-0.2, 0) is 6.42 Å². The van der Waals surface area contributed by atoms with Gasteiger partial charge in [0, 0.05) is 12.0 Å². The molecule has 1 N–H and O–H groups in total. The Morgan fingerprint density at radius 2 is 1.55 bits per heavy atom. The van der Waals surface area contributed by atoms with Crippen LogP contribution in [0.15, 0.2) is 60.7 Å². The molecule has 0 saturated heterocycles. The third kappa shape index (κ3) is 5.17. The Morgan fingerprint density at radius 3 is 2.09 bits per heavy atom. The minimum absolute atomic E-state index is 0. The van der Waals surface area contributed by atoms with Gasteiger partial charge < -0.3 is 12.4 Å². The van der Waals surface area contributed by atoms with Crippen LogP contribution in [0, 0.1) is 0 Å². The first-order chi connectivity index (χ1) is 10.1. The standard InChI is InChI=1S/C18H22N2O.ClH/c1-3-20(2,15-14-16-10-6-4-7-11-16)19-18(21)17-12-8-5-9-13-17;/h4-13H,3,14-15H2,1-2H3;1H. The number of carbonyl (C=O) groups is 1. The second-order valence-electron chi connectivity index (χ2n) is 5.48. The second kappa shape index (κ2) is 8.57. The first-order valence-electron chi connectivity index (χ1n) is 7.39. The minimum Gasteiger partial charge on any atom is -1.00 e. The predicted molar refractivity (Wildman–Crippen MR) is 85.6 cm³/mol. The van der Waals surface area contributed by atoms with E-state index < -0.39 is 0 Å². The number of benzene rings is 2. The number of quaternary nitrogens is 1. The van der Waals surface area contributed by atoms with Gasteiger partial charge in [0.25, 0.3) is 5.91 Å². The smallest absolute Gasteiger partial charge is 0.295 e. The highest BCUT2D eigenvalue weighted by Gasteiger charge is 2.23. The van der Waals surface area contributed by atoms with Crippen molar-refractivity contribution in [3.8, 4) is 0 Å². The molecule has 0 spiro atoms. The number of nitrogens with zero attached hydrogens (tertiary/aromatic N) is 1. The monoisotopic (exact) mass is 318 g/mol. The summed E-state index contributed by atoms with van der Waals surface area (Å²) in [7, 11) is 2.06. The van der Waals surface area contributed by atoms with Crippen LogP contribution in [0.3, 0.4) is 0 Å². The molecule has 0 heterocycles. The molecule has 0 aromatic heterocycles. The molecule has 0 aliphatic rings. The molecule has 4 heteroatoms. The molecule has 2 aromatic carbocycles. The predicted octanol–water partition coefficient (Wildman–Crippen LogP) is 0.0446. The lowest BCUT2D eigenvalue weighted by Gasteiger charge is -2.32. The summed E-state index contributed by atoms with van der Waals surface area (Å²) in [5, 5.41) is 0. The molecular weight excluding hydrogens is 296 g/mol. The quantitative estimate of drug-likeness (QED) is 0.591. The van der Waals surface area contributed by atoms with Crippen molar-refractivity contribution in [1.82, 2.24) is 5.43 Å². The molecule has 3 nitrogen and oxygen atoms in total. The Labute approximate surface area is 138 Å². The molecule has 0 aliphatic carbocycles. The Hall–Kier alpha value is -1.84. The molecule has 118 valence electrons. The van der Waals surface area contributed by atoms with Crippen molar-refractivity contribution in [3.63, 3.8) is 0 Å². The van der Waals surface area contributed by atoms with E-state index in [-0.39, 0.29) is 18.3 Å². The Bertz CT molecular complexity index is 574. The second-order valence-corrected chi connectivity index (χ2v) is 5.48. The van der Waals surface area contributed by atoms with E-state index in [1.165, 1.54) is 5.56 Å². The number of hydrogen-bond acceptors (Lipinski definition) is 1. The Balaban J connectivity index is 0.00000242. The van der Waals surface area contributed by atoms with Crippen molar-refractivity contribution in [2.75, 3.05) is 20.1 Å². The zero-order valence-electron chi connectivity index (χ0n) is 13.1. The van der Waals surface area contributed by atoms with Crippen molar-refractivity contribution in [1.29, 1.82) is 0 Å². The molecule has 1 unspecified atom stereocenters. The highest BCUT2D eigenvalue weighted by atomic mass is 35.5. The maximum Gasteiger partial charge on any atom is 0.295 e. The lowest BCUT2D eigenvalue weighted by Crippen LogP contribution is -3.00. The fourth-order valence-electron chi connectivity index (χ4n) is 2.21. The maximum absolute atomic E-state index is 12.3. The summed E-state index contributed by atoms with van der Waals surface area (Å²) in [4.78, 5) is 12.3. The fraction of sp³-hybridized carbons (Fsp3) is 0.278. The zero-order chi connectivity index (χ0) is 15.1. The number of rotatable bonds is 6. The van der Waals surface area contributed by atoms with Crippen LogP contribution in [0.25, 0.3) is 0 Å². The molecule has 0 radical (unpaired) electrons. The van der Waals surface area contributed by atoms with Gasteiger partial charge in [0.2, 0.25) is 0 Å². The molecule has 22 heavy (non-hydrogen) atoms. The number of likely N-dealkylation sites (N-methyl/N-ethyl adjacent to an activating group) is 1. The van der Waals surface area contributed by atoms with Gasteiger partial charge in [-0.3, -0.25) is 4.79 Å². The number of hydrogen-bond donors (Lipinski definition) is 1. The SMILES string of the molecule is CC[N+](C)(CCc1ccccc1)NC(=O)c1ccccc1.[Cl-]. The van der Waals surface area contributed by atoms with Crippen LogP contribution in [0.2, 0.25) is 0 Å². The van der Waals surface area contributed by atoms with Crippen LogP contribution >= 0.6 is 0 Å². The Kier molecular flexibility index (Phi) is 7.09. The summed E-state index contributed by atoms with van der Waals surface area (Å²) in [6.07, 6.45) is 0.945. The lowest BCUT2D eigenvalue weighted by atomic mass is 10.1. The number of nitrogens with one attached hydrogen (secondary N) is 1. The Morgan fingerprint density at radius 1 is 1.00 bits per heavy atom.